The van der Waals surface area contributed by atoms with Crippen LogP contribution >= 0.6 is 0 Å². The minimum absolute atomic E-state index is 0.575. The first kappa shape index (κ1) is 16.9. The van der Waals surface area contributed by atoms with Crippen LogP contribution in [0.3, 0.4) is 0 Å². The third-order valence-electron chi connectivity index (χ3n) is 5.23. The summed E-state index contributed by atoms with van der Waals surface area (Å²) in [6.07, 6.45) is 3.27. The second kappa shape index (κ2) is 7.02. The van der Waals surface area contributed by atoms with Crippen LogP contribution in [0.15, 0.2) is 60.9 Å². The molecule has 1 N–H and O–H groups in total. The van der Waals surface area contributed by atoms with Gasteiger partial charge in [0.15, 0.2) is 0 Å². The van der Waals surface area contributed by atoms with Gasteiger partial charge in [-0.05, 0) is 29.5 Å². The van der Waals surface area contributed by atoms with Crippen molar-refractivity contribution in [1.29, 1.82) is 0 Å². The van der Waals surface area contributed by atoms with E-state index in [0.29, 0.717) is 13.1 Å². The highest BCUT2D eigenvalue weighted by Gasteiger charge is 2.38. The molecule has 1 aliphatic carbocycles. The highest BCUT2D eigenvalue weighted by molar-refractivity contribution is 5.37. The van der Waals surface area contributed by atoms with Gasteiger partial charge < -0.3 is 5.11 Å². The van der Waals surface area contributed by atoms with Crippen LogP contribution in [-0.4, -0.2) is 31.3 Å². The van der Waals surface area contributed by atoms with Crippen LogP contribution in [0.5, 0.6) is 0 Å². The summed E-state index contributed by atoms with van der Waals surface area (Å²) in [7, 11) is 1.91. The predicted molar refractivity (Wildman–Crippen MR) is 100 cm³/mol. The van der Waals surface area contributed by atoms with Crippen molar-refractivity contribution in [2.75, 3.05) is 6.54 Å². The molecule has 0 spiro atoms. The van der Waals surface area contributed by atoms with Crippen molar-refractivity contribution in [3.05, 3.63) is 83.4 Å². The van der Waals surface area contributed by atoms with E-state index in [1.54, 1.807) is 11.0 Å². The molecule has 0 aliphatic heterocycles. The van der Waals surface area contributed by atoms with E-state index < -0.39 is 5.60 Å². The highest BCUT2D eigenvalue weighted by Crippen LogP contribution is 2.37. The molecule has 134 valence electrons. The molecule has 0 bridgehead atoms. The van der Waals surface area contributed by atoms with Crippen LogP contribution in [0, 0.1) is 0 Å². The van der Waals surface area contributed by atoms with Crippen molar-refractivity contribution >= 4 is 0 Å². The molecule has 0 unspecified atom stereocenters. The zero-order chi connectivity index (χ0) is 18.0. The van der Waals surface area contributed by atoms with Crippen molar-refractivity contribution in [1.82, 2.24) is 19.7 Å². The molecule has 26 heavy (non-hydrogen) atoms. The topological polar surface area (TPSA) is 54.2 Å². The smallest absolute Gasteiger partial charge is 0.140 e. The van der Waals surface area contributed by atoms with Gasteiger partial charge in [0.05, 0.1) is 6.54 Å². The fourth-order valence-electron chi connectivity index (χ4n) is 3.88. The molecule has 5 nitrogen and oxygen atoms in total. The van der Waals surface area contributed by atoms with E-state index in [0.717, 1.165) is 30.8 Å². The Morgan fingerprint density at radius 1 is 1.08 bits per heavy atom. The summed E-state index contributed by atoms with van der Waals surface area (Å²) in [6.45, 7) is 1.99. The first-order chi connectivity index (χ1) is 12.6. The predicted octanol–water partition coefficient (Wildman–Crippen LogP) is 2.65. The second-order valence-electron chi connectivity index (χ2n) is 7.12. The van der Waals surface area contributed by atoms with Crippen LogP contribution in [0.4, 0.5) is 0 Å². The monoisotopic (exact) mass is 348 g/mol. The van der Waals surface area contributed by atoms with E-state index in [9.17, 15) is 5.11 Å². The minimum Gasteiger partial charge on any atom is -0.384 e. The second-order valence-corrected chi connectivity index (χ2v) is 7.12. The van der Waals surface area contributed by atoms with E-state index in [-0.39, 0.29) is 0 Å². The molecule has 5 heteroatoms. The number of hydrogen-bond donors (Lipinski definition) is 1. The minimum atomic E-state index is -0.816. The SMILES string of the molecule is Cn1ncnc1CN(Cc1ccccc1)C[C@]1(O)CCc2ccccc21. The summed E-state index contributed by atoms with van der Waals surface area (Å²) in [4.78, 5) is 6.63. The number of aromatic nitrogens is 3. The first-order valence-corrected chi connectivity index (χ1v) is 9.04. The molecule has 4 rings (SSSR count). The van der Waals surface area contributed by atoms with Crippen LogP contribution in [0.2, 0.25) is 0 Å². The number of nitrogens with zero attached hydrogens (tertiary/aromatic N) is 4. The van der Waals surface area contributed by atoms with Gasteiger partial charge in [0, 0.05) is 20.1 Å². The molecule has 1 heterocycles. The highest BCUT2D eigenvalue weighted by atomic mass is 16.3. The molecule has 0 amide bonds. The normalized spacial score (nSPS) is 19.0. The molecule has 1 aromatic heterocycles. The summed E-state index contributed by atoms with van der Waals surface area (Å²) >= 11 is 0. The molecule has 0 saturated carbocycles. The van der Waals surface area contributed by atoms with E-state index >= 15 is 0 Å². The molecule has 0 fully saturated rings. The lowest BCUT2D eigenvalue weighted by Crippen LogP contribution is -2.39. The Bertz CT molecular complexity index is 876. The van der Waals surface area contributed by atoms with E-state index in [1.807, 2.05) is 25.2 Å². The standard InChI is InChI=1S/C21H24N4O/c1-24-20(22-16-23-24)14-25(13-17-7-3-2-4-8-17)15-21(26)12-11-18-9-5-6-10-19(18)21/h2-10,16,26H,11-15H2,1H3/t21-/m1/s1. The number of benzene rings is 2. The Balaban J connectivity index is 1.59. The Morgan fingerprint density at radius 3 is 2.62 bits per heavy atom. The van der Waals surface area contributed by atoms with Crippen molar-refractivity contribution < 1.29 is 5.11 Å². The fraction of sp³-hybridized carbons (Fsp3) is 0.333. The number of rotatable bonds is 6. The zero-order valence-corrected chi connectivity index (χ0v) is 15.0. The van der Waals surface area contributed by atoms with Crippen molar-refractivity contribution in [3.63, 3.8) is 0 Å². The molecule has 2 aromatic carbocycles. The lowest BCUT2D eigenvalue weighted by atomic mass is 9.95. The van der Waals surface area contributed by atoms with Crippen molar-refractivity contribution in [3.8, 4) is 0 Å². The van der Waals surface area contributed by atoms with Gasteiger partial charge in [-0.15, -0.1) is 0 Å². The van der Waals surface area contributed by atoms with Crippen molar-refractivity contribution in [2.24, 2.45) is 7.05 Å². The molecule has 1 aliphatic rings. The van der Waals surface area contributed by atoms with Crippen LogP contribution in [0.1, 0.15) is 28.9 Å². The zero-order valence-electron chi connectivity index (χ0n) is 15.0. The van der Waals surface area contributed by atoms with Gasteiger partial charge in [0.25, 0.3) is 0 Å². The molecule has 0 radical (unpaired) electrons. The Labute approximate surface area is 153 Å². The maximum atomic E-state index is 11.4. The van der Waals surface area contributed by atoms with Gasteiger partial charge in [-0.1, -0.05) is 54.6 Å². The summed E-state index contributed by atoms with van der Waals surface area (Å²) in [5.41, 5.74) is 2.73. The fourth-order valence-corrected chi connectivity index (χ4v) is 3.88. The number of hydrogen-bond acceptors (Lipinski definition) is 4. The van der Waals surface area contributed by atoms with Gasteiger partial charge in [-0.2, -0.15) is 5.10 Å². The van der Waals surface area contributed by atoms with E-state index in [4.69, 9.17) is 0 Å². The maximum Gasteiger partial charge on any atom is 0.140 e. The molecule has 3 aromatic rings. The average Bonchev–Trinajstić information content (AvgIpc) is 3.20. The Kier molecular flexibility index (Phi) is 4.57. The molecule has 1 atom stereocenters. The third kappa shape index (κ3) is 3.41. The van der Waals surface area contributed by atoms with E-state index in [2.05, 4.69) is 51.4 Å². The first-order valence-electron chi connectivity index (χ1n) is 9.04. The van der Waals surface area contributed by atoms with Gasteiger partial charge in [0.2, 0.25) is 0 Å². The summed E-state index contributed by atoms with van der Waals surface area (Å²) in [5.74, 6) is 0.899. The maximum absolute atomic E-state index is 11.4. The van der Waals surface area contributed by atoms with Gasteiger partial charge in [0.1, 0.15) is 17.8 Å². The summed E-state index contributed by atoms with van der Waals surface area (Å²) in [5, 5.41) is 15.6. The Hall–Kier alpha value is -2.50. The third-order valence-corrected chi connectivity index (χ3v) is 5.23. The number of aryl methyl sites for hydroxylation is 2. The van der Waals surface area contributed by atoms with Gasteiger partial charge in [-0.3, -0.25) is 9.58 Å². The molecular weight excluding hydrogens is 324 g/mol. The number of fused-ring (bicyclic) bond motifs is 1. The summed E-state index contributed by atoms with van der Waals surface area (Å²) < 4.78 is 1.80. The number of aliphatic hydroxyl groups is 1. The lowest BCUT2D eigenvalue weighted by molar-refractivity contribution is -0.00522. The summed E-state index contributed by atoms with van der Waals surface area (Å²) in [6, 6.07) is 18.6. The lowest BCUT2D eigenvalue weighted by Gasteiger charge is -2.32. The van der Waals surface area contributed by atoms with Crippen LogP contribution in [-0.2, 0) is 32.2 Å². The largest absolute Gasteiger partial charge is 0.384 e. The van der Waals surface area contributed by atoms with E-state index in [1.165, 1.54) is 11.1 Å². The van der Waals surface area contributed by atoms with Crippen molar-refractivity contribution in [2.45, 2.75) is 31.5 Å². The average molecular weight is 348 g/mol. The van der Waals surface area contributed by atoms with Crippen LogP contribution in [0.25, 0.3) is 0 Å². The quantitative estimate of drug-likeness (QED) is 0.744. The Morgan fingerprint density at radius 2 is 1.85 bits per heavy atom. The van der Waals surface area contributed by atoms with Gasteiger partial charge in [-0.25, -0.2) is 4.98 Å². The molecular formula is C21H24N4O. The van der Waals surface area contributed by atoms with Crippen LogP contribution < -0.4 is 0 Å². The molecule has 0 saturated heterocycles. The van der Waals surface area contributed by atoms with Gasteiger partial charge >= 0.3 is 0 Å².